The van der Waals surface area contributed by atoms with Gasteiger partial charge >= 0.3 is 7.60 Å². The van der Waals surface area contributed by atoms with Crippen molar-refractivity contribution in [1.82, 2.24) is 0 Å². The number of hydrogen-bond donors (Lipinski definition) is 3. The van der Waals surface area contributed by atoms with Crippen molar-refractivity contribution < 1.29 is 19.1 Å². The highest BCUT2D eigenvalue weighted by Crippen LogP contribution is 2.33. The second kappa shape index (κ2) is 4.90. The first-order chi connectivity index (χ1) is 7.40. The van der Waals surface area contributed by atoms with Crippen LogP contribution in [0.2, 0.25) is 0 Å². The van der Waals surface area contributed by atoms with Crippen LogP contribution in [0.4, 0.5) is 5.69 Å². The summed E-state index contributed by atoms with van der Waals surface area (Å²) >= 11 is 0. The molecule has 7 heteroatoms. The minimum Gasteiger partial charge on any atom is -0.325 e. The molecule has 16 heavy (non-hydrogen) atoms. The summed E-state index contributed by atoms with van der Waals surface area (Å²) in [6.07, 6.45) is -0.871. The van der Waals surface area contributed by atoms with Crippen molar-refractivity contribution in [1.29, 1.82) is 5.26 Å². The van der Waals surface area contributed by atoms with Crippen molar-refractivity contribution in [2.45, 2.75) is 0 Å². The van der Waals surface area contributed by atoms with Crippen LogP contribution >= 0.6 is 7.60 Å². The van der Waals surface area contributed by atoms with E-state index in [0.717, 1.165) is 0 Å². The lowest BCUT2D eigenvalue weighted by atomic mass is 10.2. The second-order valence-corrected chi connectivity index (χ2v) is 4.71. The molecule has 0 unspecified atom stereocenters. The fourth-order valence-electron chi connectivity index (χ4n) is 1.05. The van der Waals surface area contributed by atoms with Crippen LogP contribution < -0.4 is 5.32 Å². The van der Waals surface area contributed by atoms with Gasteiger partial charge in [-0.05, 0) is 18.2 Å². The highest BCUT2D eigenvalue weighted by atomic mass is 31.2. The van der Waals surface area contributed by atoms with Crippen LogP contribution in [0.3, 0.4) is 0 Å². The highest BCUT2D eigenvalue weighted by molar-refractivity contribution is 7.52. The molecule has 0 aliphatic rings. The summed E-state index contributed by atoms with van der Waals surface area (Å²) in [5, 5.41) is 10.9. The molecule has 6 nitrogen and oxygen atoms in total. The zero-order chi connectivity index (χ0) is 12.2. The Morgan fingerprint density at radius 2 is 2.19 bits per heavy atom. The van der Waals surface area contributed by atoms with Crippen molar-refractivity contribution in [2.75, 3.05) is 11.5 Å². The molecule has 0 saturated carbocycles. The molecule has 0 aromatic heterocycles. The number of carbonyl (C=O) groups is 1. The van der Waals surface area contributed by atoms with Gasteiger partial charge in [-0.2, -0.15) is 5.26 Å². The van der Waals surface area contributed by atoms with E-state index in [2.05, 4.69) is 5.32 Å². The van der Waals surface area contributed by atoms with E-state index in [1.54, 1.807) is 12.1 Å². The minimum absolute atomic E-state index is 0.331. The summed E-state index contributed by atoms with van der Waals surface area (Å²) in [5.41, 5.74) is 0.687. The van der Waals surface area contributed by atoms with Crippen LogP contribution in [0.25, 0.3) is 0 Å². The molecule has 0 atom stereocenters. The molecule has 0 saturated heterocycles. The van der Waals surface area contributed by atoms with Gasteiger partial charge in [0, 0.05) is 5.69 Å². The van der Waals surface area contributed by atoms with Gasteiger partial charge in [-0.15, -0.1) is 0 Å². The molecule has 0 aliphatic heterocycles. The molecule has 0 heterocycles. The number of nitrogens with one attached hydrogen (secondary N) is 1. The molecule has 0 bridgehead atoms. The molecule has 0 aliphatic carbocycles. The van der Waals surface area contributed by atoms with E-state index in [1.165, 1.54) is 12.1 Å². The van der Waals surface area contributed by atoms with Gasteiger partial charge in [0.2, 0.25) is 5.91 Å². The van der Waals surface area contributed by atoms with Crippen LogP contribution in [0, 0.1) is 11.3 Å². The van der Waals surface area contributed by atoms with Crippen LogP contribution in [-0.2, 0) is 9.36 Å². The number of nitriles is 1. The fraction of sp³-hybridized carbons (Fsp3) is 0.111. The molecule has 1 aromatic rings. The average Bonchev–Trinajstić information content (AvgIpc) is 2.15. The van der Waals surface area contributed by atoms with Gasteiger partial charge < -0.3 is 15.1 Å². The molecule has 1 rings (SSSR count). The lowest BCUT2D eigenvalue weighted by molar-refractivity contribution is -0.114. The Labute approximate surface area is 91.7 Å². The topological polar surface area (TPSA) is 110 Å². The van der Waals surface area contributed by atoms with E-state index in [4.69, 9.17) is 15.0 Å². The van der Waals surface area contributed by atoms with Crippen LogP contribution in [0.15, 0.2) is 24.3 Å². The molecular formula is C9H9N2O4P. The third-order valence-corrected chi connectivity index (χ3v) is 2.32. The molecule has 1 aromatic carbocycles. The first-order valence-electron chi connectivity index (χ1n) is 4.25. The Hall–Kier alpha value is -1.67. The van der Waals surface area contributed by atoms with Gasteiger partial charge in [-0.1, -0.05) is 6.07 Å². The number of benzene rings is 1. The van der Waals surface area contributed by atoms with Crippen LogP contribution in [0.1, 0.15) is 5.56 Å². The molecule has 0 fully saturated rings. The zero-order valence-corrected chi connectivity index (χ0v) is 9.02. The summed E-state index contributed by atoms with van der Waals surface area (Å²) in [6.45, 7) is 0. The molecule has 84 valence electrons. The first kappa shape index (κ1) is 12.4. The van der Waals surface area contributed by atoms with E-state index < -0.39 is 19.7 Å². The Morgan fingerprint density at radius 1 is 1.50 bits per heavy atom. The van der Waals surface area contributed by atoms with Gasteiger partial charge in [0.15, 0.2) is 0 Å². The lowest BCUT2D eigenvalue weighted by Crippen LogP contribution is -2.16. The van der Waals surface area contributed by atoms with Gasteiger partial charge in [0.25, 0.3) is 0 Å². The Kier molecular flexibility index (Phi) is 3.80. The number of carbonyl (C=O) groups excluding carboxylic acids is 1. The number of nitrogens with zero attached hydrogens (tertiary/aromatic N) is 1. The van der Waals surface area contributed by atoms with E-state index in [0.29, 0.717) is 11.3 Å². The maximum atomic E-state index is 11.1. The maximum absolute atomic E-state index is 11.1. The Morgan fingerprint density at radius 3 is 2.75 bits per heavy atom. The Bertz CT molecular complexity index is 489. The monoisotopic (exact) mass is 240 g/mol. The van der Waals surface area contributed by atoms with Gasteiger partial charge in [0.05, 0.1) is 11.6 Å². The number of anilines is 1. The normalized spacial score (nSPS) is 10.6. The maximum Gasteiger partial charge on any atom is 0.334 e. The molecule has 1 amide bonds. The van der Waals surface area contributed by atoms with Crippen molar-refractivity contribution in [3.05, 3.63) is 29.8 Å². The number of rotatable bonds is 3. The van der Waals surface area contributed by atoms with Crippen molar-refractivity contribution in [2.24, 2.45) is 0 Å². The Balaban J connectivity index is 2.71. The molecular weight excluding hydrogens is 231 g/mol. The summed E-state index contributed by atoms with van der Waals surface area (Å²) in [6, 6.07) is 7.94. The van der Waals surface area contributed by atoms with Crippen molar-refractivity contribution in [3.63, 3.8) is 0 Å². The third-order valence-electron chi connectivity index (χ3n) is 1.63. The van der Waals surface area contributed by atoms with E-state index >= 15 is 0 Å². The average molecular weight is 240 g/mol. The fourth-order valence-corrected chi connectivity index (χ4v) is 1.51. The smallest absolute Gasteiger partial charge is 0.325 e. The van der Waals surface area contributed by atoms with E-state index in [9.17, 15) is 9.36 Å². The SMILES string of the molecule is N#Cc1cccc(NC(=O)CP(=O)(O)O)c1. The molecule has 0 spiro atoms. The van der Waals surface area contributed by atoms with E-state index in [-0.39, 0.29) is 0 Å². The lowest BCUT2D eigenvalue weighted by Gasteiger charge is -2.06. The first-order valence-corrected chi connectivity index (χ1v) is 6.05. The minimum atomic E-state index is -4.35. The predicted octanol–water partition coefficient (Wildman–Crippen LogP) is 0.674. The highest BCUT2D eigenvalue weighted by Gasteiger charge is 2.18. The largest absolute Gasteiger partial charge is 0.334 e. The van der Waals surface area contributed by atoms with Crippen molar-refractivity contribution >= 4 is 19.2 Å². The zero-order valence-electron chi connectivity index (χ0n) is 8.12. The summed E-state index contributed by atoms with van der Waals surface area (Å²) in [4.78, 5) is 28.3. The summed E-state index contributed by atoms with van der Waals surface area (Å²) in [7, 11) is -4.35. The van der Waals surface area contributed by atoms with E-state index in [1.807, 2.05) is 6.07 Å². The number of amides is 1. The van der Waals surface area contributed by atoms with Crippen LogP contribution in [0.5, 0.6) is 0 Å². The van der Waals surface area contributed by atoms with Gasteiger partial charge in [-0.3, -0.25) is 9.36 Å². The predicted molar refractivity (Wildman–Crippen MR) is 56.7 cm³/mol. The molecule has 0 radical (unpaired) electrons. The standard InChI is InChI=1S/C9H9N2O4P/c10-5-7-2-1-3-8(4-7)11-9(12)6-16(13,14)15/h1-4H,6H2,(H,11,12)(H2,13,14,15). The van der Waals surface area contributed by atoms with Gasteiger partial charge in [0.1, 0.15) is 6.16 Å². The molecule has 3 N–H and O–H groups in total. The second-order valence-electron chi connectivity index (χ2n) is 3.06. The van der Waals surface area contributed by atoms with Gasteiger partial charge in [-0.25, -0.2) is 0 Å². The quantitative estimate of drug-likeness (QED) is 0.672. The third kappa shape index (κ3) is 4.24. The van der Waals surface area contributed by atoms with Crippen molar-refractivity contribution in [3.8, 4) is 6.07 Å². The number of hydrogen-bond acceptors (Lipinski definition) is 3. The van der Waals surface area contributed by atoms with Crippen LogP contribution in [-0.4, -0.2) is 21.9 Å². The summed E-state index contributed by atoms with van der Waals surface area (Å²) < 4.78 is 10.5. The summed E-state index contributed by atoms with van der Waals surface area (Å²) in [5.74, 6) is -0.788.